The Hall–Kier alpha value is -2.89. The summed E-state index contributed by atoms with van der Waals surface area (Å²) in [6.45, 7) is 5.95. The zero-order valence-corrected chi connectivity index (χ0v) is 13.9. The summed E-state index contributed by atoms with van der Waals surface area (Å²) in [7, 11) is 0. The molecule has 0 fully saturated rings. The van der Waals surface area contributed by atoms with Crippen LogP contribution in [0.15, 0.2) is 48.5 Å². The summed E-state index contributed by atoms with van der Waals surface area (Å²) in [6.07, 6.45) is 0. The highest BCUT2D eigenvalue weighted by atomic mass is 16.5. The van der Waals surface area contributed by atoms with Crippen LogP contribution in [0.25, 0.3) is 0 Å². The minimum atomic E-state index is 0.547. The average Bonchev–Trinajstić information content (AvgIpc) is 3.06. The van der Waals surface area contributed by atoms with E-state index in [1.807, 2.05) is 37.3 Å². The van der Waals surface area contributed by atoms with E-state index in [4.69, 9.17) is 4.74 Å². The molecule has 0 radical (unpaired) electrons. The van der Waals surface area contributed by atoms with E-state index in [9.17, 15) is 0 Å². The predicted octanol–water partition coefficient (Wildman–Crippen LogP) is 3.19. The molecule has 1 aromatic heterocycles. The van der Waals surface area contributed by atoms with Gasteiger partial charge in [-0.2, -0.15) is 0 Å². The average molecular weight is 323 g/mol. The van der Waals surface area contributed by atoms with Crippen LogP contribution < -0.4 is 10.1 Å². The highest BCUT2D eigenvalue weighted by Crippen LogP contribution is 2.20. The van der Waals surface area contributed by atoms with Crippen LogP contribution in [0, 0.1) is 6.92 Å². The van der Waals surface area contributed by atoms with Crippen LogP contribution in [0.4, 0.5) is 5.95 Å². The number of aryl methyl sites for hydroxylation is 2. The third-order valence-electron chi connectivity index (χ3n) is 3.72. The van der Waals surface area contributed by atoms with Crippen molar-refractivity contribution in [3.63, 3.8) is 0 Å². The normalized spacial score (nSPS) is 10.6. The quantitative estimate of drug-likeness (QED) is 0.723. The van der Waals surface area contributed by atoms with Crippen molar-refractivity contribution in [1.29, 1.82) is 0 Å². The Balaban J connectivity index is 1.66. The highest BCUT2D eigenvalue weighted by molar-refractivity contribution is 5.37. The van der Waals surface area contributed by atoms with Crippen LogP contribution in [-0.2, 0) is 19.7 Å². The lowest BCUT2D eigenvalue weighted by Crippen LogP contribution is -2.09. The first kappa shape index (κ1) is 16.0. The number of aromatic nitrogens is 4. The first-order chi connectivity index (χ1) is 11.8. The van der Waals surface area contributed by atoms with Crippen molar-refractivity contribution in [3.8, 4) is 5.75 Å². The zero-order chi connectivity index (χ0) is 16.8. The molecular weight excluding hydrogens is 302 g/mol. The fraction of sp³-hybridized carbons (Fsp3) is 0.278. The Morgan fingerprint density at radius 1 is 1.12 bits per heavy atom. The van der Waals surface area contributed by atoms with E-state index in [0.29, 0.717) is 19.1 Å². The monoisotopic (exact) mass is 323 g/mol. The maximum Gasteiger partial charge on any atom is 0.243 e. The van der Waals surface area contributed by atoms with Gasteiger partial charge < -0.3 is 10.1 Å². The molecule has 3 aromatic rings. The van der Waals surface area contributed by atoms with Gasteiger partial charge in [0.1, 0.15) is 12.4 Å². The number of nitrogens with zero attached hydrogens (tertiary/aromatic N) is 4. The van der Waals surface area contributed by atoms with Gasteiger partial charge in [0.25, 0.3) is 0 Å². The number of tetrazole rings is 1. The third kappa shape index (κ3) is 3.90. The summed E-state index contributed by atoms with van der Waals surface area (Å²) in [5.74, 6) is 1.52. The second-order valence-corrected chi connectivity index (χ2v) is 5.56. The van der Waals surface area contributed by atoms with Gasteiger partial charge in [-0.1, -0.05) is 53.1 Å². The number of ether oxygens (including phenoxy) is 1. The summed E-state index contributed by atoms with van der Waals surface area (Å²) in [4.78, 5) is 0. The second-order valence-electron chi connectivity index (χ2n) is 5.56. The van der Waals surface area contributed by atoms with Gasteiger partial charge in [0.15, 0.2) is 0 Å². The van der Waals surface area contributed by atoms with Gasteiger partial charge in [-0.3, -0.25) is 0 Å². The number of nitrogens with one attached hydrogen (secondary N) is 1. The minimum absolute atomic E-state index is 0.547. The predicted molar refractivity (Wildman–Crippen MR) is 92.8 cm³/mol. The Kier molecular flexibility index (Phi) is 5.05. The number of hydrogen-bond acceptors (Lipinski definition) is 5. The molecule has 3 rings (SSSR count). The van der Waals surface area contributed by atoms with Gasteiger partial charge >= 0.3 is 0 Å². The van der Waals surface area contributed by atoms with Gasteiger partial charge in [0, 0.05) is 18.7 Å². The SMILES string of the molecule is CCn1nnnc1NCc1ccccc1OCc1cccc(C)c1. The van der Waals surface area contributed by atoms with Gasteiger partial charge in [0.05, 0.1) is 0 Å². The molecule has 0 amide bonds. The first-order valence-electron chi connectivity index (χ1n) is 8.02. The summed E-state index contributed by atoms with van der Waals surface area (Å²) in [5, 5.41) is 14.8. The standard InChI is InChI=1S/C18H21N5O/c1-3-23-18(20-21-22-23)19-12-16-9-4-5-10-17(16)24-13-15-8-6-7-14(2)11-15/h4-11H,3,12-13H2,1-2H3,(H,19,20,22). The zero-order valence-electron chi connectivity index (χ0n) is 13.9. The molecular formula is C18H21N5O. The maximum atomic E-state index is 6.01. The van der Waals surface area contributed by atoms with Gasteiger partial charge in [-0.25, -0.2) is 4.68 Å². The Labute approximate surface area is 141 Å². The molecule has 0 spiro atoms. The second kappa shape index (κ2) is 7.59. The number of rotatable bonds is 7. The molecule has 0 atom stereocenters. The number of para-hydroxylation sites is 1. The Bertz CT molecular complexity index is 799. The molecule has 124 valence electrons. The molecule has 0 aliphatic carbocycles. The summed E-state index contributed by atoms with van der Waals surface area (Å²) in [5.41, 5.74) is 3.46. The van der Waals surface area contributed by atoms with Crippen molar-refractivity contribution in [3.05, 3.63) is 65.2 Å². The lowest BCUT2D eigenvalue weighted by molar-refractivity contribution is 0.303. The number of hydrogen-bond donors (Lipinski definition) is 1. The molecule has 1 N–H and O–H groups in total. The molecule has 6 heteroatoms. The van der Waals surface area contributed by atoms with Crippen molar-refractivity contribution < 1.29 is 4.74 Å². The van der Waals surface area contributed by atoms with Crippen molar-refractivity contribution in [2.75, 3.05) is 5.32 Å². The van der Waals surface area contributed by atoms with E-state index in [1.165, 1.54) is 5.56 Å². The molecule has 1 heterocycles. The van der Waals surface area contributed by atoms with Crippen LogP contribution in [0.3, 0.4) is 0 Å². The molecule has 0 bridgehead atoms. The van der Waals surface area contributed by atoms with E-state index in [0.717, 1.165) is 23.4 Å². The van der Waals surface area contributed by atoms with E-state index < -0.39 is 0 Å². The number of benzene rings is 2. The van der Waals surface area contributed by atoms with Crippen LogP contribution in [-0.4, -0.2) is 20.2 Å². The molecule has 0 saturated heterocycles. The van der Waals surface area contributed by atoms with E-state index in [1.54, 1.807) is 4.68 Å². The van der Waals surface area contributed by atoms with Crippen LogP contribution in [0.5, 0.6) is 5.75 Å². The molecule has 0 aliphatic rings. The molecule has 2 aromatic carbocycles. The molecule has 0 saturated carbocycles. The first-order valence-corrected chi connectivity index (χ1v) is 8.02. The Morgan fingerprint density at radius 3 is 2.83 bits per heavy atom. The van der Waals surface area contributed by atoms with Crippen LogP contribution in [0.1, 0.15) is 23.6 Å². The molecule has 6 nitrogen and oxygen atoms in total. The van der Waals surface area contributed by atoms with Crippen LogP contribution in [0.2, 0.25) is 0 Å². The summed E-state index contributed by atoms with van der Waals surface area (Å²) < 4.78 is 7.72. The van der Waals surface area contributed by atoms with Gasteiger partial charge in [-0.05, 0) is 35.9 Å². The van der Waals surface area contributed by atoms with E-state index in [2.05, 4.69) is 46.0 Å². The molecule has 0 aliphatic heterocycles. The Morgan fingerprint density at radius 2 is 2.00 bits per heavy atom. The fourth-order valence-corrected chi connectivity index (χ4v) is 2.47. The smallest absolute Gasteiger partial charge is 0.243 e. The largest absolute Gasteiger partial charge is 0.489 e. The topological polar surface area (TPSA) is 64.9 Å². The summed E-state index contributed by atoms with van der Waals surface area (Å²) in [6, 6.07) is 16.3. The van der Waals surface area contributed by atoms with Gasteiger partial charge in [-0.15, -0.1) is 0 Å². The van der Waals surface area contributed by atoms with E-state index >= 15 is 0 Å². The lowest BCUT2D eigenvalue weighted by atomic mass is 10.1. The maximum absolute atomic E-state index is 6.01. The molecule has 24 heavy (non-hydrogen) atoms. The van der Waals surface area contributed by atoms with Crippen LogP contribution >= 0.6 is 0 Å². The third-order valence-corrected chi connectivity index (χ3v) is 3.72. The van der Waals surface area contributed by atoms with Crippen molar-refractivity contribution in [2.45, 2.75) is 33.5 Å². The molecule has 0 unspecified atom stereocenters. The van der Waals surface area contributed by atoms with E-state index in [-0.39, 0.29) is 0 Å². The minimum Gasteiger partial charge on any atom is -0.489 e. The summed E-state index contributed by atoms with van der Waals surface area (Å²) >= 11 is 0. The fourth-order valence-electron chi connectivity index (χ4n) is 2.47. The van der Waals surface area contributed by atoms with Gasteiger partial charge in [0.2, 0.25) is 5.95 Å². The lowest BCUT2D eigenvalue weighted by Gasteiger charge is -2.12. The van der Waals surface area contributed by atoms with Crippen molar-refractivity contribution in [2.24, 2.45) is 0 Å². The van der Waals surface area contributed by atoms with Crippen molar-refractivity contribution in [1.82, 2.24) is 20.2 Å². The highest BCUT2D eigenvalue weighted by Gasteiger charge is 2.07. The van der Waals surface area contributed by atoms with Crippen molar-refractivity contribution >= 4 is 5.95 Å². The number of anilines is 1.